The second-order valence-corrected chi connectivity index (χ2v) is 5.87. The molecule has 3 rings (SSSR count). The maximum atomic E-state index is 12.0. The van der Waals surface area contributed by atoms with Gasteiger partial charge in [-0.3, -0.25) is 4.79 Å². The van der Waals surface area contributed by atoms with Crippen LogP contribution in [0.4, 0.5) is 0 Å². The van der Waals surface area contributed by atoms with Gasteiger partial charge in [0.2, 0.25) is 11.4 Å². The van der Waals surface area contributed by atoms with E-state index in [0.717, 1.165) is 19.3 Å². The number of allylic oxidation sites excluding steroid dienone is 2. The van der Waals surface area contributed by atoms with Crippen molar-refractivity contribution in [3.63, 3.8) is 0 Å². The van der Waals surface area contributed by atoms with Gasteiger partial charge in [0.25, 0.3) is 5.79 Å². The number of esters is 1. The molecule has 6 nitrogen and oxygen atoms in total. The van der Waals surface area contributed by atoms with Crippen LogP contribution in [0.2, 0.25) is 0 Å². The largest absolute Gasteiger partial charge is 0.427 e. The molecule has 0 aromatic carbocycles. The summed E-state index contributed by atoms with van der Waals surface area (Å²) in [5, 5.41) is 22.2. The van der Waals surface area contributed by atoms with Crippen molar-refractivity contribution in [2.24, 2.45) is 11.8 Å². The fourth-order valence-corrected chi connectivity index (χ4v) is 3.58. The van der Waals surface area contributed by atoms with Crippen LogP contribution >= 0.6 is 0 Å². The smallest absolute Gasteiger partial charge is 0.341 e. The Labute approximate surface area is 116 Å². The van der Waals surface area contributed by atoms with Crippen LogP contribution in [0, 0.1) is 11.8 Å². The van der Waals surface area contributed by atoms with E-state index in [4.69, 9.17) is 9.84 Å². The third-order valence-corrected chi connectivity index (χ3v) is 4.67. The third-order valence-electron chi connectivity index (χ3n) is 4.67. The molecule has 0 saturated carbocycles. The Morgan fingerprint density at radius 1 is 1.45 bits per heavy atom. The number of carbonyl (C=O) groups is 2. The van der Waals surface area contributed by atoms with Crippen LogP contribution in [0.15, 0.2) is 12.2 Å². The van der Waals surface area contributed by atoms with Crippen molar-refractivity contribution in [2.45, 2.75) is 43.4 Å². The maximum Gasteiger partial charge on any atom is 0.341 e. The standard InChI is InChI=1S/C14H19NO5/c16-7-6-10-11(17)15-13(12(18)20-14(10,13)19)8-9-4-2-1-3-5-9/h2,4,9-10,16,19H,1,3,5-8H2,(H,15,17)/t9?,10-,13?,14+/m0/s1. The highest BCUT2D eigenvalue weighted by Crippen LogP contribution is 2.51. The molecule has 2 heterocycles. The van der Waals surface area contributed by atoms with Crippen LogP contribution in [0.25, 0.3) is 0 Å². The predicted molar refractivity (Wildman–Crippen MR) is 68.2 cm³/mol. The van der Waals surface area contributed by atoms with Gasteiger partial charge in [-0.15, -0.1) is 0 Å². The molecule has 0 radical (unpaired) electrons. The second-order valence-electron chi connectivity index (χ2n) is 5.87. The first-order valence-corrected chi connectivity index (χ1v) is 7.09. The average molecular weight is 281 g/mol. The summed E-state index contributed by atoms with van der Waals surface area (Å²) in [6.45, 7) is -0.239. The Balaban J connectivity index is 1.86. The topological polar surface area (TPSA) is 95.9 Å². The summed E-state index contributed by atoms with van der Waals surface area (Å²) in [4.78, 5) is 23.9. The number of nitrogens with one attached hydrogen (secondary N) is 1. The lowest BCUT2D eigenvalue weighted by molar-refractivity contribution is -0.307. The van der Waals surface area contributed by atoms with Crippen molar-refractivity contribution in [1.82, 2.24) is 5.32 Å². The van der Waals surface area contributed by atoms with Gasteiger partial charge in [-0.2, -0.15) is 0 Å². The summed E-state index contributed by atoms with van der Waals surface area (Å²) in [5.74, 6) is -3.55. The molecule has 1 amide bonds. The van der Waals surface area contributed by atoms with E-state index in [-0.39, 0.29) is 18.9 Å². The van der Waals surface area contributed by atoms with Gasteiger partial charge in [0.05, 0.1) is 0 Å². The van der Waals surface area contributed by atoms with E-state index in [2.05, 4.69) is 11.4 Å². The summed E-state index contributed by atoms with van der Waals surface area (Å²) < 4.78 is 4.93. The molecule has 0 aromatic heterocycles. The molecule has 6 heteroatoms. The SMILES string of the molecule is O=C1NC2(CC3C=CCCC3)C(=O)O[C@]2(O)[C@H]1CCO. The van der Waals surface area contributed by atoms with Crippen LogP contribution in [0.3, 0.4) is 0 Å². The van der Waals surface area contributed by atoms with E-state index in [0.29, 0.717) is 6.42 Å². The fraction of sp³-hybridized carbons (Fsp3) is 0.714. The van der Waals surface area contributed by atoms with Crippen molar-refractivity contribution in [1.29, 1.82) is 0 Å². The number of carbonyl (C=O) groups excluding carboxylic acids is 2. The molecule has 1 aliphatic carbocycles. The van der Waals surface area contributed by atoms with E-state index < -0.39 is 29.1 Å². The zero-order valence-electron chi connectivity index (χ0n) is 11.2. The monoisotopic (exact) mass is 281 g/mol. The molecule has 3 aliphatic rings. The normalized spacial score (nSPS) is 42.7. The number of hydrogen-bond acceptors (Lipinski definition) is 5. The highest BCUT2D eigenvalue weighted by Gasteiger charge is 2.78. The Morgan fingerprint density at radius 3 is 2.85 bits per heavy atom. The third kappa shape index (κ3) is 1.64. The van der Waals surface area contributed by atoms with Crippen molar-refractivity contribution in [3.05, 3.63) is 12.2 Å². The Kier molecular flexibility index (Phi) is 3.10. The van der Waals surface area contributed by atoms with Crippen molar-refractivity contribution < 1.29 is 24.5 Å². The lowest BCUT2D eigenvalue weighted by Crippen LogP contribution is -2.76. The summed E-state index contributed by atoms with van der Waals surface area (Å²) in [5.41, 5.74) is -1.34. The minimum absolute atomic E-state index is 0.0812. The minimum atomic E-state index is -1.81. The zero-order chi connectivity index (χ0) is 14.4. The molecule has 2 unspecified atom stereocenters. The number of ether oxygens (including phenoxy) is 1. The summed E-state index contributed by atoms with van der Waals surface area (Å²) in [6, 6.07) is 0. The van der Waals surface area contributed by atoms with Crippen LogP contribution in [0.1, 0.15) is 32.1 Å². The first kappa shape index (κ1) is 13.6. The van der Waals surface area contributed by atoms with Gasteiger partial charge >= 0.3 is 5.97 Å². The van der Waals surface area contributed by atoms with E-state index in [1.807, 2.05) is 6.08 Å². The molecule has 0 aromatic rings. The number of aliphatic hydroxyl groups excluding tert-OH is 1. The van der Waals surface area contributed by atoms with Gasteiger partial charge in [0.15, 0.2) is 0 Å². The Morgan fingerprint density at radius 2 is 2.25 bits per heavy atom. The van der Waals surface area contributed by atoms with Crippen LogP contribution < -0.4 is 5.32 Å². The summed E-state index contributed by atoms with van der Waals surface area (Å²) in [7, 11) is 0. The molecule has 2 fully saturated rings. The van der Waals surface area contributed by atoms with Crippen molar-refractivity contribution >= 4 is 11.9 Å². The highest BCUT2D eigenvalue weighted by atomic mass is 16.7. The molecule has 0 spiro atoms. The second kappa shape index (κ2) is 4.56. The van der Waals surface area contributed by atoms with Gasteiger partial charge in [-0.05, 0) is 38.0 Å². The van der Waals surface area contributed by atoms with Crippen molar-refractivity contribution in [2.75, 3.05) is 6.61 Å². The van der Waals surface area contributed by atoms with Crippen molar-refractivity contribution in [3.8, 4) is 0 Å². The van der Waals surface area contributed by atoms with Gasteiger partial charge in [-0.25, -0.2) is 4.79 Å². The molecule has 0 bridgehead atoms. The number of rotatable bonds is 4. The quantitative estimate of drug-likeness (QED) is 0.492. The molecule has 110 valence electrons. The molecule has 2 aliphatic heterocycles. The van der Waals surface area contributed by atoms with Gasteiger partial charge in [0.1, 0.15) is 5.92 Å². The van der Waals surface area contributed by atoms with Crippen LogP contribution in [0.5, 0.6) is 0 Å². The van der Waals surface area contributed by atoms with E-state index >= 15 is 0 Å². The van der Waals surface area contributed by atoms with E-state index in [1.54, 1.807) is 0 Å². The molecule has 4 atom stereocenters. The highest BCUT2D eigenvalue weighted by molar-refractivity contribution is 6.00. The molecule has 3 N–H and O–H groups in total. The number of fused-ring (bicyclic) bond motifs is 1. The molecular weight excluding hydrogens is 262 g/mol. The lowest BCUT2D eigenvalue weighted by atomic mass is 9.72. The average Bonchev–Trinajstić information content (AvgIpc) is 2.59. The van der Waals surface area contributed by atoms with Gasteiger partial charge < -0.3 is 20.3 Å². The zero-order valence-corrected chi connectivity index (χ0v) is 11.2. The van der Waals surface area contributed by atoms with Gasteiger partial charge in [-0.1, -0.05) is 12.2 Å². The predicted octanol–water partition coefficient (Wildman–Crippen LogP) is -0.155. The minimum Gasteiger partial charge on any atom is -0.427 e. The van der Waals surface area contributed by atoms with E-state index in [9.17, 15) is 14.7 Å². The van der Waals surface area contributed by atoms with Crippen LogP contribution in [-0.2, 0) is 14.3 Å². The van der Waals surface area contributed by atoms with E-state index in [1.165, 1.54) is 0 Å². The number of aliphatic hydroxyl groups is 2. The maximum absolute atomic E-state index is 12.0. The van der Waals surface area contributed by atoms with Crippen LogP contribution in [-0.4, -0.2) is 40.0 Å². The fourth-order valence-electron chi connectivity index (χ4n) is 3.58. The molecular formula is C14H19NO5. The first-order valence-electron chi connectivity index (χ1n) is 7.09. The molecule has 20 heavy (non-hydrogen) atoms. The molecule has 2 saturated heterocycles. The Hall–Kier alpha value is -1.40. The van der Waals surface area contributed by atoms with Gasteiger partial charge in [0, 0.05) is 6.61 Å². The summed E-state index contributed by atoms with van der Waals surface area (Å²) in [6.07, 6.45) is 7.54. The number of hydrogen-bond donors (Lipinski definition) is 3. The first-order chi connectivity index (χ1) is 9.53. The Bertz CT molecular complexity index is 476. The number of amides is 1. The summed E-state index contributed by atoms with van der Waals surface area (Å²) >= 11 is 0. The lowest BCUT2D eigenvalue weighted by Gasteiger charge is -2.50.